The second kappa shape index (κ2) is 6.07. The molecule has 0 amide bonds. The maximum Gasteiger partial charge on any atom is 0.130 e. The molecule has 0 saturated heterocycles. The number of hydrogen-bond donors (Lipinski definition) is 1. The van der Waals surface area contributed by atoms with E-state index in [2.05, 4.69) is 15.3 Å². The van der Waals surface area contributed by atoms with Crippen LogP contribution in [0, 0.1) is 0 Å². The molecule has 0 saturated carbocycles. The Bertz CT molecular complexity index is 368. The van der Waals surface area contributed by atoms with Gasteiger partial charge in [-0.1, -0.05) is 6.42 Å². The highest BCUT2D eigenvalue weighted by Crippen LogP contribution is 2.26. The second-order valence-corrected chi connectivity index (χ2v) is 4.52. The second-order valence-electron chi connectivity index (χ2n) is 4.52. The fourth-order valence-electron chi connectivity index (χ4n) is 2.37. The Morgan fingerprint density at radius 2 is 2.35 bits per heavy atom. The summed E-state index contributed by atoms with van der Waals surface area (Å²) >= 11 is 0. The average Bonchev–Trinajstić information content (AvgIpc) is 2.57. The number of fused-ring (bicyclic) bond motifs is 1. The summed E-state index contributed by atoms with van der Waals surface area (Å²) in [6.07, 6.45) is 7.55. The van der Waals surface area contributed by atoms with Gasteiger partial charge < -0.3 is 10.1 Å². The third-order valence-electron chi connectivity index (χ3n) is 3.36. The van der Waals surface area contributed by atoms with E-state index in [9.17, 15) is 0 Å². The molecule has 17 heavy (non-hydrogen) atoms. The van der Waals surface area contributed by atoms with E-state index in [0.717, 1.165) is 18.7 Å². The van der Waals surface area contributed by atoms with Crippen LogP contribution in [0.3, 0.4) is 0 Å². The van der Waals surface area contributed by atoms with Crippen LogP contribution in [0.2, 0.25) is 0 Å². The largest absolute Gasteiger partial charge is 0.384 e. The number of aromatic nitrogens is 2. The van der Waals surface area contributed by atoms with Crippen molar-refractivity contribution >= 4 is 0 Å². The highest BCUT2D eigenvalue weighted by molar-refractivity contribution is 5.23. The summed E-state index contributed by atoms with van der Waals surface area (Å²) in [6, 6.07) is 0.420. The van der Waals surface area contributed by atoms with Gasteiger partial charge >= 0.3 is 0 Å². The quantitative estimate of drug-likeness (QED) is 0.806. The van der Waals surface area contributed by atoms with Crippen LogP contribution in [0.25, 0.3) is 0 Å². The maximum absolute atomic E-state index is 5.06. The SMILES string of the molecule is CNC1CCCCc2nc(CCOC)ncc21. The number of aryl methyl sites for hydroxylation is 1. The zero-order valence-corrected chi connectivity index (χ0v) is 10.7. The van der Waals surface area contributed by atoms with Crippen molar-refractivity contribution in [2.24, 2.45) is 0 Å². The molecule has 1 heterocycles. The van der Waals surface area contributed by atoms with Gasteiger partial charge in [0.2, 0.25) is 0 Å². The van der Waals surface area contributed by atoms with Gasteiger partial charge in [0.15, 0.2) is 0 Å². The van der Waals surface area contributed by atoms with Crippen LogP contribution in [-0.4, -0.2) is 30.7 Å². The lowest BCUT2D eigenvalue weighted by Crippen LogP contribution is -2.18. The van der Waals surface area contributed by atoms with E-state index in [1.807, 2.05) is 13.2 Å². The Labute approximate surface area is 103 Å². The smallest absolute Gasteiger partial charge is 0.130 e. The average molecular weight is 235 g/mol. The summed E-state index contributed by atoms with van der Waals surface area (Å²) in [5, 5.41) is 3.36. The molecule has 2 rings (SSSR count). The molecule has 0 spiro atoms. The van der Waals surface area contributed by atoms with Crippen molar-refractivity contribution in [3.05, 3.63) is 23.3 Å². The lowest BCUT2D eigenvalue weighted by atomic mass is 10.1. The highest BCUT2D eigenvalue weighted by Gasteiger charge is 2.18. The summed E-state index contributed by atoms with van der Waals surface area (Å²) in [7, 11) is 3.72. The number of hydrogen-bond acceptors (Lipinski definition) is 4. The zero-order valence-electron chi connectivity index (χ0n) is 10.7. The van der Waals surface area contributed by atoms with Crippen molar-refractivity contribution in [2.75, 3.05) is 20.8 Å². The van der Waals surface area contributed by atoms with E-state index in [1.165, 1.54) is 30.5 Å². The van der Waals surface area contributed by atoms with Crippen molar-refractivity contribution in [1.29, 1.82) is 0 Å². The first-order chi connectivity index (χ1) is 8.35. The molecule has 1 N–H and O–H groups in total. The third kappa shape index (κ3) is 3.01. The van der Waals surface area contributed by atoms with Crippen molar-refractivity contribution in [2.45, 2.75) is 38.1 Å². The zero-order chi connectivity index (χ0) is 12.1. The first-order valence-electron chi connectivity index (χ1n) is 6.36. The van der Waals surface area contributed by atoms with Crippen LogP contribution >= 0.6 is 0 Å². The monoisotopic (exact) mass is 235 g/mol. The Hall–Kier alpha value is -1.00. The Kier molecular flexibility index (Phi) is 4.45. The van der Waals surface area contributed by atoms with Gasteiger partial charge in [-0.25, -0.2) is 9.97 Å². The summed E-state index contributed by atoms with van der Waals surface area (Å²) in [4.78, 5) is 9.12. The van der Waals surface area contributed by atoms with Crippen molar-refractivity contribution in [1.82, 2.24) is 15.3 Å². The van der Waals surface area contributed by atoms with Crippen LogP contribution in [0.1, 0.15) is 42.4 Å². The first-order valence-corrected chi connectivity index (χ1v) is 6.36. The molecule has 0 aliphatic heterocycles. The fraction of sp³-hybridized carbons (Fsp3) is 0.692. The minimum absolute atomic E-state index is 0.420. The lowest BCUT2D eigenvalue weighted by Gasteiger charge is -2.16. The molecule has 1 unspecified atom stereocenters. The van der Waals surface area contributed by atoms with Crippen molar-refractivity contribution in [3.63, 3.8) is 0 Å². The van der Waals surface area contributed by atoms with Crippen LogP contribution in [0.5, 0.6) is 0 Å². The van der Waals surface area contributed by atoms with Crippen LogP contribution in [0.15, 0.2) is 6.20 Å². The fourth-order valence-corrected chi connectivity index (χ4v) is 2.37. The molecule has 1 aromatic rings. The molecule has 0 bridgehead atoms. The van der Waals surface area contributed by atoms with Gasteiger partial charge in [-0.05, 0) is 26.3 Å². The van der Waals surface area contributed by atoms with Gasteiger partial charge in [0.1, 0.15) is 5.82 Å². The number of rotatable bonds is 4. The third-order valence-corrected chi connectivity index (χ3v) is 3.36. The molecule has 1 aliphatic carbocycles. The molecular weight excluding hydrogens is 214 g/mol. The van der Waals surface area contributed by atoms with E-state index < -0.39 is 0 Å². The number of methoxy groups -OCH3 is 1. The minimum Gasteiger partial charge on any atom is -0.384 e. The first kappa shape index (κ1) is 12.5. The molecule has 0 fully saturated rings. The minimum atomic E-state index is 0.420. The highest BCUT2D eigenvalue weighted by atomic mass is 16.5. The predicted molar refractivity (Wildman–Crippen MR) is 67.0 cm³/mol. The van der Waals surface area contributed by atoms with Crippen molar-refractivity contribution < 1.29 is 4.74 Å². The number of ether oxygens (including phenoxy) is 1. The molecule has 4 heteroatoms. The topological polar surface area (TPSA) is 47.0 Å². The lowest BCUT2D eigenvalue weighted by molar-refractivity contribution is 0.200. The molecule has 4 nitrogen and oxygen atoms in total. The number of nitrogens with one attached hydrogen (secondary N) is 1. The molecule has 1 aromatic heterocycles. The van der Waals surface area contributed by atoms with Crippen LogP contribution in [0.4, 0.5) is 0 Å². The van der Waals surface area contributed by atoms with E-state index in [1.54, 1.807) is 7.11 Å². The standard InChI is InChI=1S/C13H21N3O/c1-14-11-5-3-4-6-12-10(11)9-15-13(16-12)7-8-17-2/h9,11,14H,3-8H2,1-2H3. The van der Waals surface area contributed by atoms with E-state index in [4.69, 9.17) is 4.74 Å². The summed E-state index contributed by atoms with van der Waals surface area (Å²) in [5.74, 6) is 0.905. The Balaban J connectivity index is 2.21. The number of nitrogens with zero attached hydrogens (tertiary/aromatic N) is 2. The van der Waals surface area contributed by atoms with Crippen LogP contribution in [-0.2, 0) is 17.6 Å². The summed E-state index contributed by atoms with van der Waals surface area (Å²) in [5.41, 5.74) is 2.51. The van der Waals surface area contributed by atoms with Crippen molar-refractivity contribution in [3.8, 4) is 0 Å². The molecule has 94 valence electrons. The maximum atomic E-state index is 5.06. The van der Waals surface area contributed by atoms with Gasteiger partial charge in [0.05, 0.1) is 6.61 Å². The van der Waals surface area contributed by atoms with E-state index in [-0.39, 0.29) is 0 Å². The summed E-state index contributed by atoms with van der Waals surface area (Å²) in [6.45, 7) is 0.689. The van der Waals surface area contributed by atoms with Gasteiger partial charge in [-0.2, -0.15) is 0 Å². The molecule has 1 aliphatic rings. The normalized spacial score (nSPS) is 19.8. The van der Waals surface area contributed by atoms with Gasteiger partial charge in [0, 0.05) is 37.0 Å². The molecular formula is C13H21N3O. The Morgan fingerprint density at radius 3 is 3.12 bits per heavy atom. The van der Waals surface area contributed by atoms with E-state index >= 15 is 0 Å². The summed E-state index contributed by atoms with van der Waals surface area (Å²) < 4.78 is 5.06. The Morgan fingerprint density at radius 1 is 1.47 bits per heavy atom. The van der Waals surface area contributed by atoms with Gasteiger partial charge in [0.25, 0.3) is 0 Å². The predicted octanol–water partition coefficient (Wildman–Crippen LogP) is 1.65. The van der Waals surface area contributed by atoms with Gasteiger partial charge in [-0.3, -0.25) is 0 Å². The van der Waals surface area contributed by atoms with Crippen LogP contribution < -0.4 is 5.32 Å². The molecule has 0 aromatic carbocycles. The molecule has 1 atom stereocenters. The van der Waals surface area contributed by atoms with Gasteiger partial charge in [-0.15, -0.1) is 0 Å². The molecule has 0 radical (unpaired) electrons. The van der Waals surface area contributed by atoms with E-state index in [0.29, 0.717) is 12.6 Å².